The Balaban J connectivity index is 1.61. The van der Waals surface area contributed by atoms with Gasteiger partial charge in [0.15, 0.2) is 0 Å². The van der Waals surface area contributed by atoms with Gasteiger partial charge in [-0.3, -0.25) is 0 Å². The van der Waals surface area contributed by atoms with Gasteiger partial charge in [0.2, 0.25) is 0 Å². The first-order valence-electron chi connectivity index (χ1n) is 7.10. The van der Waals surface area contributed by atoms with Gasteiger partial charge in [0.25, 0.3) is 0 Å². The van der Waals surface area contributed by atoms with Crippen molar-refractivity contribution in [1.82, 2.24) is 4.90 Å². The van der Waals surface area contributed by atoms with Crippen LogP contribution < -0.4 is 0 Å². The van der Waals surface area contributed by atoms with Crippen molar-refractivity contribution in [2.75, 3.05) is 19.6 Å². The largest absolute Gasteiger partial charge is 0.303 e. The van der Waals surface area contributed by atoms with Crippen LogP contribution in [0.5, 0.6) is 0 Å². The van der Waals surface area contributed by atoms with Gasteiger partial charge in [-0.25, -0.2) is 0 Å². The lowest BCUT2D eigenvalue weighted by Crippen LogP contribution is -2.39. The fourth-order valence-electron chi connectivity index (χ4n) is 3.26. The Morgan fingerprint density at radius 3 is 2.53 bits per heavy atom. The molecule has 0 spiro atoms. The zero-order valence-corrected chi connectivity index (χ0v) is 10.8. The highest BCUT2D eigenvalue weighted by atomic mass is 15.1. The third-order valence-corrected chi connectivity index (χ3v) is 4.43. The number of piperidine rings is 1. The van der Waals surface area contributed by atoms with Gasteiger partial charge < -0.3 is 4.90 Å². The molecule has 0 aromatic heterocycles. The van der Waals surface area contributed by atoms with Crippen molar-refractivity contribution in [2.24, 2.45) is 11.8 Å². The van der Waals surface area contributed by atoms with E-state index in [4.69, 9.17) is 0 Å². The van der Waals surface area contributed by atoms with E-state index in [1.165, 1.54) is 38.9 Å². The molecule has 1 aliphatic heterocycles. The summed E-state index contributed by atoms with van der Waals surface area (Å²) in [5.41, 5.74) is 1.55. The standard InChI is InChI=1S/C16H23N/c1-13-11-17(12-14-7-8-14)10-9-16(13)15-5-3-2-4-6-15/h2-6,13-14,16H,7-12H2,1H3. The maximum atomic E-state index is 2.70. The highest BCUT2D eigenvalue weighted by Gasteiger charge is 2.30. The van der Waals surface area contributed by atoms with Crippen LogP contribution in [0.3, 0.4) is 0 Å². The summed E-state index contributed by atoms with van der Waals surface area (Å²) < 4.78 is 0. The average Bonchev–Trinajstić information content (AvgIpc) is 3.14. The first-order chi connectivity index (χ1) is 8.33. The highest BCUT2D eigenvalue weighted by molar-refractivity contribution is 5.21. The summed E-state index contributed by atoms with van der Waals surface area (Å²) in [6, 6.07) is 11.1. The second kappa shape index (κ2) is 4.81. The second-order valence-corrected chi connectivity index (χ2v) is 5.99. The van der Waals surface area contributed by atoms with E-state index in [-0.39, 0.29) is 0 Å². The molecule has 1 aliphatic carbocycles. The maximum Gasteiger partial charge on any atom is 0.00130 e. The quantitative estimate of drug-likeness (QED) is 0.766. The van der Waals surface area contributed by atoms with Crippen molar-refractivity contribution >= 4 is 0 Å². The van der Waals surface area contributed by atoms with E-state index in [9.17, 15) is 0 Å². The molecule has 0 N–H and O–H groups in total. The first-order valence-corrected chi connectivity index (χ1v) is 7.10. The summed E-state index contributed by atoms with van der Waals surface area (Å²) in [4.78, 5) is 2.70. The molecule has 2 aliphatic rings. The zero-order chi connectivity index (χ0) is 11.7. The van der Waals surface area contributed by atoms with Gasteiger partial charge in [-0.15, -0.1) is 0 Å². The zero-order valence-electron chi connectivity index (χ0n) is 10.8. The summed E-state index contributed by atoms with van der Waals surface area (Å²) in [6.45, 7) is 6.40. The molecule has 1 aromatic carbocycles. The molecule has 17 heavy (non-hydrogen) atoms. The second-order valence-electron chi connectivity index (χ2n) is 5.99. The van der Waals surface area contributed by atoms with E-state index in [1.54, 1.807) is 5.56 Å². The summed E-state index contributed by atoms with van der Waals surface area (Å²) in [7, 11) is 0. The third-order valence-electron chi connectivity index (χ3n) is 4.43. The van der Waals surface area contributed by atoms with Crippen LogP contribution in [0, 0.1) is 11.8 Å². The minimum Gasteiger partial charge on any atom is -0.303 e. The molecule has 0 radical (unpaired) electrons. The van der Waals surface area contributed by atoms with Gasteiger partial charge in [-0.2, -0.15) is 0 Å². The Morgan fingerprint density at radius 2 is 1.88 bits per heavy atom. The normalized spacial score (nSPS) is 30.4. The highest BCUT2D eigenvalue weighted by Crippen LogP contribution is 2.35. The van der Waals surface area contributed by atoms with Crippen LogP contribution in [-0.4, -0.2) is 24.5 Å². The molecule has 92 valence electrons. The predicted octanol–water partition coefficient (Wildman–Crippen LogP) is 3.52. The van der Waals surface area contributed by atoms with Gasteiger partial charge in [0.1, 0.15) is 0 Å². The van der Waals surface area contributed by atoms with Gasteiger partial charge in [-0.1, -0.05) is 37.3 Å². The number of hydrogen-bond donors (Lipinski definition) is 0. The summed E-state index contributed by atoms with van der Waals surface area (Å²) in [5.74, 6) is 2.63. The topological polar surface area (TPSA) is 3.24 Å². The Kier molecular flexibility index (Phi) is 3.19. The fourth-order valence-corrected chi connectivity index (χ4v) is 3.26. The molecule has 1 aromatic rings. The number of rotatable bonds is 3. The summed E-state index contributed by atoms with van der Waals surface area (Å²) in [5, 5.41) is 0. The first kappa shape index (κ1) is 11.3. The lowest BCUT2D eigenvalue weighted by Gasteiger charge is -2.37. The molecule has 2 unspecified atom stereocenters. The molecule has 0 amide bonds. The van der Waals surface area contributed by atoms with Crippen molar-refractivity contribution in [3.05, 3.63) is 35.9 Å². The smallest absolute Gasteiger partial charge is 0.00130 e. The van der Waals surface area contributed by atoms with Gasteiger partial charge in [0, 0.05) is 13.1 Å². The number of likely N-dealkylation sites (tertiary alicyclic amines) is 1. The minimum atomic E-state index is 0.784. The van der Waals surface area contributed by atoms with Crippen molar-refractivity contribution in [3.8, 4) is 0 Å². The molecule has 1 heteroatoms. The SMILES string of the molecule is CC1CN(CC2CC2)CCC1c1ccccc1. The van der Waals surface area contributed by atoms with Gasteiger partial charge in [-0.05, 0) is 49.1 Å². The molecule has 0 bridgehead atoms. The fraction of sp³-hybridized carbons (Fsp3) is 0.625. The summed E-state index contributed by atoms with van der Waals surface area (Å²) in [6.07, 6.45) is 4.30. The van der Waals surface area contributed by atoms with Crippen molar-refractivity contribution in [2.45, 2.75) is 32.1 Å². The number of hydrogen-bond acceptors (Lipinski definition) is 1. The van der Waals surface area contributed by atoms with Crippen LogP contribution in [0.2, 0.25) is 0 Å². The lowest BCUT2D eigenvalue weighted by atomic mass is 9.81. The van der Waals surface area contributed by atoms with Crippen molar-refractivity contribution in [3.63, 3.8) is 0 Å². The van der Waals surface area contributed by atoms with Gasteiger partial charge >= 0.3 is 0 Å². The molecule has 1 saturated carbocycles. The molecule has 2 fully saturated rings. The van der Waals surface area contributed by atoms with E-state index in [2.05, 4.69) is 42.2 Å². The number of benzene rings is 1. The molecule has 1 nitrogen and oxygen atoms in total. The molecular formula is C16H23N. The Morgan fingerprint density at radius 1 is 1.12 bits per heavy atom. The van der Waals surface area contributed by atoms with Crippen LogP contribution >= 0.6 is 0 Å². The Bertz CT molecular complexity index is 355. The van der Waals surface area contributed by atoms with Crippen LogP contribution in [0.15, 0.2) is 30.3 Å². The number of nitrogens with zero attached hydrogens (tertiary/aromatic N) is 1. The van der Waals surface area contributed by atoms with Crippen LogP contribution in [0.25, 0.3) is 0 Å². The van der Waals surface area contributed by atoms with Crippen LogP contribution in [-0.2, 0) is 0 Å². The van der Waals surface area contributed by atoms with E-state index < -0.39 is 0 Å². The Labute approximate surface area is 105 Å². The van der Waals surface area contributed by atoms with Crippen LogP contribution in [0.4, 0.5) is 0 Å². The lowest BCUT2D eigenvalue weighted by molar-refractivity contribution is 0.157. The Hall–Kier alpha value is -0.820. The molecule has 2 atom stereocenters. The molecule has 1 saturated heterocycles. The van der Waals surface area contributed by atoms with E-state index in [0.29, 0.717) is 0 Å². The van der Waals surface area contributed by atoms with Crippen molar-refractivity contribution in [1.29, 1.82) is 0 Å². The van der Waals surface area contributed by atoms with Gasteiger partial charge in [0.05, 0.1) is 0 Å². The minimum absolute atomic E-state index is 0.784. The monoisotopic (exact) mass is 229 g/mol. The summed E-state index contributed by atoms with van der Waals surface area (Å²) >= 11 is 0. The molecule has 1 heterocycles. The molecular weight excluding hydrogens is 206 g/mol. The maximum absolute atomic E-state index is 2.70. The predicted molar refractivity (Wildman–Crippen MR) is 72.1 cm³/mol. The van der Waals surface area contributed by atoms with Crippen LogP contribution in [0.1, 0.15) is 37.7 Å². The van der Waals surface area contributed by atoms with Crippen molar-refractivity contribution < 1.29 is 0 Å². The third kappa shape index (κ3) is 2.71. The average molecular weight is 229 g/mol. The van der Waals surface area contributed by atoms with E-state index >= 15 is 0 Å². The molecule has 3 rings (SSSR count). The van der Waals surface area contributed by atoms with E-state index in [0.717, 1.165) is 17.8 Å². The van der Waals surface area contributed by atoms with E-state index in [1.807, 2.05) is 0 Å².